The van der Waals surface area contributed by atoms with Crippen molar-refractivity contribution >= 4 is 17.5 Å². The number of aliphatic hydroxyl groups excluding tert-OH is 1. The molecule has 1 heterocycles. The molecule has 0 bridgehead atoms. The Morgan fingerprint density at radius 2 is 2.09 bits per heavy atom. The zero-order valence-electron chi connectivity index (χ0n) is 12.7. The average Bonchev–Trinajstić information content (AvgIpc) is 2.80. The van der Waals surface area contributed by atoms with E-state index in [1.807, 2.05) is 38.1 Å². The molecule has 0 saturated heterocycles. The third-order valence-electron chi connectivity index (χ3n) is 3.49. The molecule has 0 aliphatic carbocycles. The molecule has 2 aromatic rings. The van der Waals surface area contributed by atoms with Gasteiger partial charge in [0.25, 0.3) is 0 Å². The molecule has 0 fully saturated rings. The lowest BCUT2D eigenvalue weighted by Crippen LogP contribution is -2.27. The predicted octanol–water partition coefficient (Wildman–Crippen LogP) is 3.33. The number of aryl methyl sites for hydroxylation is 2. The number of furan rings is 1. The summed E-state index contributed by atoms with van der Waals surface area (Å²) in [4.78, 5) is 11.9. The van der Waals surface area contributed by atoms with Crippen LogP contribution in [-0.4, -0.2) is 17.6 Å². The summed E-state index contributed by atoms with van der Waals surface area (Å²) in [6.07, 6.45) is 0.0336. The first-order valence-electron chi connectivity index (χ1n) is 7.22. The van der Waals surface area contributed by atoms with Crippen molar-refractivity contribution in [2.75, 3.05) is 6.54 Å². The van der Waals surface area contributed by atoms with Crippen LogP contribution in [0.25, 0.3) is 0 Å². The lowest BCUT2D eigenvalue weighted by Gasteiger charge is -2.11. The number of amides is 1. The zero-order valence-corrected chi connectivity index (χ0v) is 13.5. The molecule has 0 spiro atoms. The van der Waals surface area contributed by atoms with Gasteiger partial charge >= 0.3 is 0 Å². The summed E-state index contributed by atoms with van der Waals surface area (Å²) in [5, 5.41) is 13.5. The molecule has 0 saturated carbocycles. The molecular formula is C17H20ClNO3. The molecule has 0 unspecified atom stereocenters. The van der Waals surface area contributed by atoms with E-state index in [1.165, 1.54) is 0 Å². The first-order chi connectivity index (χ1) is 10.5. The van der Waals surface area contributed by atoms with E-state index in [4.69, 9.17) is 16.0 Å². The van der Waals surface area contributed by atoms with Crippen molar-refractivity contribution in [2.45, 2.75) is 32.8 Å². The van der Waals surface area contributed by atoms with Crippen molar-refractivity contribution in [3.63, 3.8) is 0 Å². The number of carbonyl (C=O) groups is 1. The number of nitrogens with one attached hydrogen (secondary N) is 1. The Kier molecular flexibility index (Phi) is 5.63. The minimum Gasteiger partial charge on any atom is -0.466 e. The lowest BCUT2D eigenvalue weighted by atomic mass is 10.1. The second kappa shape index (κ2) is 7.47. The van der Waals surface area contributed by atoms with Crippen molar-refractivity contribution in [1.82, 2.24) is 5.32 Å². The fourth-order valence-electron chi connectivity index (χ4n) is 2.36. The largest absolute Gasteiger partial charge is 0.466 e. The van der Waals surface area contributed by atoms with Crippen molar-refractivity contribution in [3.8, 4) is 0 Å². The maximum Gasteiger partial charge on any atom is 0.224 e. The molecule has 1 atom stereocenters. The summed E-state index contributed by atoms with van der Waals surface area (Å²) in [6.45, 7) is 4.06. The Bertz CT molecular complexity index is 651. The SMILES string of the molecule is Cc1cc([C@@H](O)CCNC(=O)Cc2ccccc2Cl)c(C)o1. The Morgan fingerprint density at radius 3 is 2.73 bits per heavy atom. The van der Waals surface area contributed by atoms with Gasteiger partial charge in [0.15, 0.2) is 0 Å². The Labute approximate surface area is 135 Å². The van der Waals surface area contributed by atoms with E-state index in [0.717, 1.165) is 16.9 Å². The number of carbonyl (C=O) groups excluding carboxylic acids is 1. The van der Waals surface area contributed by atoms with E-state index in [0.29, 0.717) is 23.7 Å². The molecule has 4 nitrogen and oxygen atoms in total. The highest BCUT2D eigenvalue weighted by molar-refractivity contribution is 6.31. The van der Waals surface area contributed by atoms with Crippen LogP contribution < -0.4 is 5.32 Å². The maximum absolute atomic E-state index is 11.9. The van der Waals surface area contributed by atoms with Gasteiger partial charge in [-0.15, -0.1) is 0 Å². The summed E-state index contributed by atoms with van der Waals surface area (Å²) >= 11 is 6.02. The first kappa shape index (κ1) is 16.6. The van der Waals surface area contributed by atoms with Crippen LogP contribution in [0.3, 0.4) is 0 Å². The van der Waals surface area contributed by atoms with Gasteiger partial charge in [-0.3, -0.25) is 4.79 Å². The Balaban J connectivity index is 1.80. The summed E-state index contributed by atoms with van der Waals surface area (Å²) < 4.78 is 5.39. The van der Waals surface area contributed by atoms with Gasteiger partial charge < -0.3 is 14.8 Å². The van der Waals surface area contributed by atoms with Gasteiger partial charge in [0, 0.05) is 17.1 Å². The van der Waals surface area contributed by atoms with Crippen LogP contribution in [0.1, 0.15) is 35.2 Å². The zero-order chi connectivity index (χ0) is 16.1. The van der Waals surface area contributed by atoms with Gasteiger partial charge in [-0.25, -0.2) is 0 Å². The smallest absolute Gasteiger partial charge is 0.224 e. The highest BCUT2D eigenvalue weighted by atomic mass is 35.5. The highest BCUT2D eigenvalue weighted by Crippen LogP contribution is 2.23. The summed E-state index contributed by atoms with van der Waals surface area (Å²) in [7, 11) is 0. The molecule has 1 amide bonds. The van der Waals surface area contributed by atoms with Crippen molar-refractivity contribution in [1.29, 1.82) is 0 Å². The van der Waals surface area contributed by atoms with Crippen LogP contribution in [0.2, 0.25) is 5.02 Å². The van der Waals surface area contributed by atoms with Crippen molar-refractivity contribution in [2.24, 2.45) is 0 Å². The van der Waals surface area contributed by atoms with Gasteiger partial charge in [0.1, 0.15) is 11.5 Å². The fraction of sp³-hybridized carbons (Fsp3) is 0.353. The Hall–Kier alpha value is -1.78. The predicted molar refractivity (Wildman–Crippen MR) is 85.9 cm³/mol. The third-order valence-corrected chi connectivity index (χ3v) is 3.86. The minimum atomic E-state index is -0.641. The second-order valence-corrected chi connectivity index (χ2v) is 5.70. The van der Waals surface area contributed by atoms with Gasteiger partial charge in [-0.05, 0) is 38.0 Å². The molecule has 22 heavy (non-hydrogen) atoms. The summed E-state index contributed by atoms with van der Waals surface area (Å²) in [6, 6.07) is 9.09. The molecule has 5 heteroatoms. The summed E-state index contributed by atoms with van der Waals surface area (Å²) in [5.41, 5.74) is 1.57. The van der Waals surface area contributed by atoms with Gasteiger partial charge in [-0.1, -0.05) is 29.8 Å². The molecule has 2 rings (SSSR count). The molecule has 1 aromatic heterocycles. The van der Waals surface area contributed by atoms with Crippen LogP contribution >= 0.6 is 11.6 Å². The highest BCUT2D eigenvalue weighted by Gasteiger charge is 2.14. The maximum atomic E-state index is 11.9. The lowest BCUT2D eigenvalue weighted by molar-refractivity contribution is -0.120. The normalized spacial score (nSPS) is 12.2. The van der Waals surface area contributed by atoms with Crippen LogP contribution in [0, 0.1) is 13.8 Å². The second-order valence-electron chi connectivity index (χ2n) is 5.29. The number of benzene rings is 1. The standard InChI is InChI=1S/C17H20ClNO3/c1-11-9-14(12(2)22-11)16(20)7-8-19-17(21)10-13-5-3-4-6-15(13)18/h3-6,9,16,20H,7-8,10H2,1-2H3,(H,19,21)/t16-/m0/s1. The quantitative estimate of drug-likeness (QED) is 0.857. The molecule has 0 aliphatic heterocycles. The van der Waals surface area contributed by atoms with Gasteiger partial charge in [0.2, 0.25) is 5.91 Å². The number of aliphatic hydroxyl groups is 1. The molecule has 2 N–H and O–H groups in total. The minimum absolute atomic E-state index is 0.111. The topological polar surface area (TPSA) is 62.5 Å². The van der Waals surface area contributed by atoms with E-state index in [2.05, 4.69) is 5.32 Å². The average molecular weight is 322 g/mol. The summed E-state index contributed by atoms with van der Waals surface area (Å²) in [5.74, 6) is 1.38. The molecule has 0 radical (unpaired) electrons. The van der Waals surface area contributed by atoms with Crippen molar-refractivity contribution < 1.29 is 14.3 Å². The number of hydrogen-bond donors (Lipinski definition) is 2. The van der Waals surface area contributed by atoms with Crippen molar-refractivity contribution in [3.05, 3.63) is 58.0 Å². The van der Waals surface area contributed by atoms with Crippen LogP contribution in [0.5, 0.6) is 0 Å². The Morgan fingerprint density at radius 1 is 1.36 bits per heavy atom. The van der Waals surface area contributed by atoms with E-state index in [-0.39, 0.29) is 12.3 Å². The number of hydrogen-bond acceptors (Lipinski definition) is 3. The van der Waals surface area contributed by atoms with Gasteiger partial charge in [-0.2, -0.15) is 0 Å². The van der Waals surface area contributed by atoms with Crippen LogP contribution in [0.4, 0.5) is 0 Å². The van der Waals surface area contributed by atoms with E-state index in [1.54, 1.807) is 6.07 Å². The van der Waals surface area contributed by atoms with E-state index in [9.17, 15) is 9.90 Å². The number of halogens is 1. The molecular weight excluding hydrogens is 302 g/mol. The van der Waals surface area contributed by atoms with E-state index < -0.39 is 6.10 Å². The fourth-order valence-corrected chi connectivity index (χ4v) is 2.56. The molecule has 118 valence electrons. The molecule has 0 aliphatic rings. The van der Waals surface area contributed by atoms with Crippen LogP contribution in [-0.2, 0) is 11.2 Å². The molecule has 1 aromatic carbocycles. The van der Waals surface area contributed by atoms with E-state index >= 15 is 0 Å². The number of rotatable bonds is 6. The van der Waals surface area contributed by atoms with Crippen LogP contribution in [0.15, 0.2) is 34.7 Å². The third kappa shape index (κ3) is 4.36. The monoisotopic (exact) mass is 321 g/mol. The first-order valence-corrected chi connectivity index (χ1v) is 7.60. The van der Waals surface area contributed by atoms with Gasteiger partial charge in [0.05, 0.1) is 12.5 Å².